The van der Waals surface area contributed by atoms with E-state index in [2.05, 4.69) is 16.1 Å². The van der Waals surface area contributed by atoms with Crippen molar-refractivity contribution >= 4 is 34.9 Å². The van der Waals surface area contributed by atoms with Crippen molar-refractivity contribution in [1.82, 2.24) is 10.7 Å². The minimum absolute atomic E-state index is 0.0857. The van der Waals surface area contributed by atoms with E-state index in [1.54, 1.807) is 0 Å². The van der Waals surface area contributed by atoms with E-state index in [0.717, 1.165) is 29.3 Å². The fourth-order valence-electron chi connectivity index (χ4n) is 3.23. The van der Waals surface area contributed by atoms with Crippen LogP contribution in [0.1, 0.15) is 27.7 Å². The highest BCUT2D eigenvalue weighted by Gasteiger charge is 2.33. The molecule has 1 fully saturated rings. The average molecular weight is 479 g/mol. The van der Waals surface area contributed by atoms with Crippen LogP contribution in [0.15, 0.2) is 66.7 Å². The predicted octanol–water partition coefficient (Wildman–Crippen LogP) is 5.48. The molecule has 6 nitrogen and oxygen atoms in total. The third-order valence-corrected chi connectivity index (χ3v) is 5.20. The highest BCUT2D eigenvalue weighted by atomic mass is 35.5. The highest BCUT2D eigenvalue weighted by molar-refractivity contribution is 6.31. The number of hydrogen-bond acceptors (Lipinski definition) is 3. The van der Waals surface area contributed by atoms with Crippen LogP contribution in [-0.2, 0) is 6.18 Å². The molecular weight excluding hydrogens is 464 g/mol. The zero-order valence-electron chi connectivity index (χ0n) is 16.6. The van der Waals surface area contributed by atoms with Gasteiger partial charge in [0.1, 0.15) is 12.0 Å². The Kier molecular flexibility index (Phi) is 5.96. The van der Waals surface area contributed by atoms with Gasteiger partial charge in [0.25, 0.3) is 5.91 Å². The van der Waals surface area contributed by atoms with Crippen LogP contribution in [0.25, 0.3) is 0 Å². The number of alkyl halides is 3. The summed E-state index contributed by atoms with van der Waals surface area (Å²) in [7, 11) is 0. The van der Waals surface area contributed by atoms with Crippen LogP contribution in [0.4, 0.5) is 33.7 Å². The number of hydrazine groups is 1. The minimum Gasteiger partial charge on any atom is -0.322 e. The number of nitrogens with one attached hydrogen (secondary N) is 3. The smallest absolute Gasteiger partial charge is 0.322 e. The van der Waals surface area contributed by atoms with Crippen molar-refractivity contribution < 1.29 is 27.2 Å². The maximum absolute atomic E-state index is 14.2. The van der Waals surface area contributed by atoms with E-state index in [0.29, 0.717) is 5.69 Å². The zero-order valence-corrected chi connectivity index (χ0v) is 17.3. The highest BCUT2D eigenvalue weighted by Crippen LogP contribution is 2.30. The quantitative estimate of drug-likeness (QED) is 0.435. The lowest BCUT2D eigenvalue weighted by Crippen LogP contribution is -2.34. The first-order valence-corrected chi connectivity index (χ1v) is 9.90. The summed E-state index contributed by atoms with van der Waals surface area (Å²) >= 11 is 6.05. The van der Waals surface area contributed by atoms with Crippen LogP contribution in [0, 0.1) is 5.82 Å². The van der Waals surface area contributed by atoms with E-state index in [-0.39, 0.29) is 21.8 Å². The van der Waals surface area contributed by atoms with Gasteiger partial charge in [0.2, 0.25) is 0 Å². The Labute approximate surface area is 190 Å². The van der Waals surface area contributed by atoms with Gasteiger partial charge in [-0.1, -0.05) is 17.7 Å². The van der Waals surface area contributed by atoms with Crippen molar-refractivity contribution in [2.75, 3.05) is 10.3 Å². The lowest BCUT2D eigenvalue weighted by atomic mass is 10.1. The molecular formula is C22H15ClF4N4O2. The van der Waals surface area contributed by atoms with Crippen LogP contribution in [0.5, 0.6) is 0 Å². The number of rotatable bonds is 4. The lowest BCUT2D eigenvalue weighted by Gasteiger charge is -2.17. The molecule has 1 saturated heterocycles. The van der Waals surface area contributed by atoms with Crippen LogP contribution in [0.3, 0.4) is 0 Å². The summed E-state index contributed by atoms with van der Waals surface area (Å²) in [4.78, 5) is 24.8. The molecule has 1 atom stereocenters. The van der Waals surface area contributed by atoms with Gasteiger partial charge in [-0.05, 0) is 60.7 Å². The number of amides is 3. The van der Waals surface area contributed by atoms with Gasteiger partial charge in [0.15, 0.2) is 0 Å². The molecule has 0 saturated carbocycles. The van der Waals surface area contributed by atoms with Gasteiger partial charge in [0.05, 0.1) is 16.3 Å². The Morgan fingerprint density at radius 1 is 1.00 bits per heavy atom. The molecule has 3 aromatic carbocycles. The SMILES string of the molecule is O=C(Nc1ccc(C(F)(F)F)cc1)c1ccc(N2NC(c3c(F)cccc3Cl)NC2=O)cc1. The summed E-state index contributed by atoms with van der Waals surface area (Å²) in [5, 5.41) is 6.37. The molecule has 0 aromatic heterocycles. The van der Waals surface area contributed by atoms with E-state index >= 15 is 0 Å². The summed E-state index contributed by atoms with van der Waals surface area (Å²) in [5.74, 6) is -1.13. The van der Waals surface area contributed by atoms with E-state index < -0.39 is 35.7 Å². The van der Waals surface area contributed by atoms with Gasteiger partial charge in [-0.15, -0.1) is 0 Å². The molecule has 33 heavy (non-hydrogen) atoms. The fourth-order valence-corrected chi connectivity index (χ4v) is 3.50. The van der Waals surface area contributed by atoms with E-state index in [4.69, 9.17) is 11.6 Å². The Morgan fingerprint density at radius 3 is 2.27 bits per heavy atom. The summed E-state index contributed by atoms with van der Waals surface area (Å²) in [6.45, 7) is 0. The molecule has 1 unspecified atom stereocenters. The Hall–Kier alpha value is -3.63. The topological polar surface area (TPSA) is 73.5 Å². The summed E-state index contributed by atoms with van der Waals surface area (Å²) < 4.78 is 52.1. The predicted molar refractivity (Wildman–Crippen MR) is 114 cm³/mol. The fraction of sp³-hybridized carbons (Fsp3) is 0.0909. The molecule has 3 N–H and O–H groups in total. The zero-order chi connectivity index (χ0) is 23.8. The minimum atomic E-state index is -4.47. The second-order valence-corrected chi connectivity index (χ2v) is 7.47. The van der Waals surface area contributed by atoms with E-state index in [1.807, 2.05) is 0 Å². The maximum Gasteiger partial charge on any atom is 0.416 e. The van der Waals surface area contributed by atoms with Gasteiger partial charge >= 0.3 is 12.2 Å². The monoisotopic (exact) mass is 478 g/mol. The van der Waals surface area contributed by atoms with Crippen molar-refractivity contribution in [3.8, 4) is 0 Å². The first-order valence-electron chi connectivity index (χ1n) is 9.53. The maximum atomic E-state index is 14.2. The van der Waals surface area contributed by atoms with Gasteiger partial charge < -0.3 is 10.6 Å². The molecule has 4 rings (SSSR count). The van der Waals surface area contributed by atoms with Crippen LogP contribution >= 0.6 is 11.6 Å². The number of carbonyl (C=O) groups excluding carboxylic acids is 2. The Morgan fingerprint density at radius 2 is 1.67 bits per heavy atom. The number of halogens is 5. The first-order chi connectivity index (χ1) is 15.6. The molecule has 0 radical (unpaired) electrons. The van der Waals surface area contributed by atoms with Crippen molar-refractivity contribution in [2.45, 2.75) is 12.3 Å². The van der Waals surface area contributed by atoms with Crippen molar-refractivity contribution in [3.05, 3.63) is 94.3 Å². The van der Waals surface area contributed by atoms with Gasteiger partial charge in [-0.25, -0.2) is 14.2 Å². The van der Waals surface area contributed by atoms with Crippen LogP contribution < -0.4 is 21.1 Å². The third kappa shape index (κ3) is 4.76. The van der Waals surface area contributed by atoms with Gasteiger partial charge in [-0.3, -0.25) is 4.79 Å². The number of nitrogens with zero attached hydrogens (tertiary/aromatic N) is 1. The average Bonchev–Trinajstić information content (AvgIpc) is 3.14. The lowest BCUT2D eigenvalue weighted by molar-refractivity contribution is -0.137. The molecule has 11 heteroatoms. The van der Waals surface area contributed by atoms with E-state index in [1.165, 1.54) is 42.5 Å². The Bertz CT molecular complexity index is 1180. The van der Waals surface area contributed by atoms with Crippen molar-refractivity contribution in [3.63, 3.8) is 0 Å². The standard InChI is InChI=1S/C22H15ClF4N4O2/c23-16-2-1-3-17(24)18(16)19-29-21(33)31(30-19)15-10-4-12(5-11-15)20(32)28-14-8-6-13(7-9-14)22(25,26)27/h1-11,19,30H,(H,28,32)(H,29,33). The molecule has 1 aliphatic heterocycles. The molecule has 1 heterocycles. The van der Waals surface area contributed by atoms with Gasteiger partial charge in [-0.2, -0.15) is 18.6 Å². The molecule has 3 amide bonds. The van der Waals surface area contributed by atoms with Crippen molar-refractivity contribution in [1.29, 1.82) is 0 Å². The molecule has 0 spiro atoms. The van der Waals surface area contributed by atoms with Crippen LogP contribution in [-0.4, -0.2) is 11.9 Å². The molecule has 0 aliphatic carbocycles. The molecule has 0 bridgehead atoms. The third-order valence-electron chi connectivity index (χ3n) is 4.88. The number of hydrogen-bond donors (Lipinski definition) is 3. The molecule has 170 valence electrons. The molecule has 3 aromatic rings. The Balaban J connectivity index is 1.45. The first kappa shape index (κ1) is 22.6. The second kappa shape index (κ2) is 8.72. The normalized spacial score (nSPS) is 16.0. The largest absolute Gasteiger partial charge is 0.416 e. The summed E-state index contributed by atoms with van der Waals surface area (Å²) in [5.41, 5.74) is 2.86. The number of benzene rings is 3. The number of urea groups is 1. The number of carbonyl (C=O) groups is 2. The summed E-state index contributed by atoms with van der Waals surface area (Å²) in [6, 6.07) is 13.5. The molecule has 1 aliphatic rings. The van der Waals surface area contributed by atoms with E-state index in [9.17, 15) is 27.2 Å². The number of anilines is 2. The second-order valence-electron chi connectivity index (χ2n) is 7.06. The summed E-state index contributed by atoms with van der Waals surface area (Å²) in [6.07, 6.45) is -5.36. The van der Waals surface area contributed by atoms with Crippen molar-refractivity contribution in [2.24, 2.45) is 0 Å². The van der Waals surface area contributed by atoms with Gasteiger partial charge in [0, 0.05) is 16.8 Å². The van der Waals surface area contributed by atoms with Crippen LogP contribution in [0.2, 0.25) is 5.02 Å².